The van der Waals surface area contributed by atoms with E-state index in [0.29, 0.717) is 6.42 Å². The molecule has 0 heterocycles. The summed E-state index contributed by atoms with van der Waals surface area (Å²) in [5.74, 6) is 0. The van der Waals surface area contributed by atoms with Crippen molar-refractivity contribution in [3.63, 3.8) is 0 Å². The fraction of sp³-hybridized carbons (Fsp3) is 0.538. The first-order chi connectivity index (χ1) is 7.72. The van der Waals surface area contributed by atoms with Gasteiger partial charge in [0.25, 0.3) is 0 Å². The number of hydrogen-bond acceptors (Lipinski definition) is 2. The minimum Gasteiger partial charge on any atom is -0.372 e. The molecule has 0 aliphatic carbocycles. The third-order valence-corrected chi connectivity index (χ3v) is 2.87. The lowest BCUT2D eigenvalue weighted by Gasteiger charge is -2.21. The molecular formula is C13H21FN2. The van der Waals surface area contributed by atoms with E-state index in [9.17, 15) is 4.39 Å². The van der Waals surface area contributed by atoms with E-state index in [-0.39, 0.29) is 12.7 Å². The number of anilines is 1. The Labute approximate surface area is 97.3 Å². The molecule has 2 N–H and O–H groups in total. The highest BCUT2D eigenvalue weighted by Gasteiger charge is 2.06. The maximum Gasteiger partial charge on any atom is 0.0912 e. The van der Waals surface area contributed by atoms with Crippen molar-refractivity contribution < 1.29 is 4.39 Å². The number of hydrogen-bond donors (Lipinski definition) is 1. The van der Waals surface area contributed by atoms with Crippen LogP contribution in [0.2, 0.25) is 0 Å². The monoisotopic (exact) mass is 224 g/mol. The average molecular weight is 224 g/mol. The largest absolute Gasteiger partial charge is 0.372 e. The molecule has 0 amide bonds. The predicted octanol–water partition coefficient (Wildman–Crippen LogP) is 2.89. The van der Waals surface area contributed by atoms with Crippen molar-refractivity contribution in [2.75, 3.05) is 24.7 Å². The highest BCUT2D eigenvalue weighted by atomic mass is 19.1. The normalized spacial score (nSPS) is 12.5. The lowest BCUT2D eigenvalue weighted by molar-refractivity contribution is 0.442. The zero-order valence-electron chi connectivity index (χ0n) is 10.1. The van der Waals surface area contributed by atoms with Crippen molar-refractivity contribution in [3.05, 3.63) is 29.8 Å². The first kappa shape index (κ1) is 13.0. The second kappa shape index (κ2) is 6.48. The van der Waals surface area contributed by atoms with Crippen LogP contribution in [0.1, 0.15) is 31.9 Å². The molecule has 2 nitrogen and oxygen atoms in total. The van der Waals surface area contributed by atoms with Crippen LogP contribution in [-0.2, 0) is 0 Å². The van der Waals surface area contributed by atoms with Crippen molar-refractivity contribution in [2.45, 2.75) is 26.3 Å². The summed E-state index contributed by atoms with van der Waals surface area (Å²) in [4.78, 5) is 2.27. The topological polar surface area (TPSA) is 29.3 Å². The van der Waals surface area contributed by atoms with Gasteiger partial charge in [0.05, 0.1) is 6.67 Å². The third kappa shape index (κ3) is 3.20. The van der Waals surface area contributed by atoms with Crippen LogP contribution in [-0.4, -0.2) is 19.8 Å². The SMILES string of the molecule is CCN(CC)c1ccc([C@H](N)CCF)cc1. The molecule has 1 atom stereocenters. The van der Waals surface area contributed by atoms with Gasteiger partial charge in [-0.25, -0.2) is 0 Å². The zero-order chi connectivity index (χ0) is 12.0. The van der Waals surface area contributed by atoms with Gasteiger partial charge in [0, 0.05) is 24.8 Å². The number of halogens is 1. The van der Waals surface area contributed by atoms with E-state index in [2.05, 4.69) is 30.9 Å². The van der Waals surface area contributed by atoms with Crippen LogP contribution in [0.4, 0.5) is 10.1 Å². The number of benzene rings is 1. The smallest absolute Gasteiger partial charge is 0.0912 e. The molecule has 0 saturated carbocycles. The second-order valence-corrected chi connectivity index (χ2v) is 3.85. The van der Waals surface area contributed by atoms with Crippen molar-refractivity contribution in [3.8, 4) is 0 Å². The molecule has 0 bridgehead atoms. The number of nitrogens with zero attached hydrogens (tertiary/aromatic N) is 1. The Morgan fingerprint density at radius 2 is 1.75 bits per heavy atom. The van der Waals surface area contributed by atoms with Gasteiger partial charge in [0.1, 0.15) is 0 Å². The summed E-state index contributed by atoms with van der Waals surface area (Å²) in [6, 6.07) is 7.92. The van der Waals surface area contributed by atoms with Crippen LogP contribution < -0.4 is 10.6 Å². The van der Waals surface area contributed by atoms with Gasteiger partial charge in [-0.2, -0.15) is 0 Å². The van der Waals surface area contributed by atoms with Crippen molar-refractivity contribution in [2.24, 2.45) is 5.73 Å². The predicted molar refractivity (Wildman–Crippen MR) is 67.5 cm³/mol. The van der Waals surface area contributed by atoms with Gasteiger partial charge in [0.2, 0.25) is 0 Å². The van der Waals surface area contributed by atoms with Gasteiger partial charge in [-0.05, 0) is 38.0 Å². The van der Waals surface area contributed by atoms with Crippen LogP contribution in [0, 0.1) is 0 Å². The van der Waals surface area contributed by atoms with Gasteiger partial charge < -0.3 is 10.6 Å². The molecule has 1 aromatic rings. The standard InChI is InChI=1S/C13H21FN2/c1-3-16(4-2)12-7-5-11(6-8-12)13(15)9-10-14/h5-8,13H,3-4,9-10,15H2,1-2H3/t13-/m1/s1. The Morgan fingerprint density at radius 3 is 2.19 bits per heavy atom. The van der Waals surface area contributed by atoms with Gasteiger partial charge in [-0.1, -0.05) is 12.1 Å². The highest BCUT2D eigenvalue weighted by molar-refractivity contribution is 5.47. The Morgan fingerprint density at radius 1 is 1.19 bits per heavy atom. The van der Waals surface area contributed by atoms with Gasteiger partial charge in [0.15, 0.2) is 0 Å². The van der Waals surface area contributed by atoms with E-state index in [0.717, 1.165) is 18.7 Å². The summed E-state index contributed by atoms with van der Waals surface area (Å²) in [7, 11) is 0. The van der Waals surface area contributed by atoms with E-state index >= 15 is 0 Å². The lowest BCUT2D eigenvalue weighted by Crippen LogP contribution is -2.21. The van der Waals surface area contributed by atoms with Gasteiger partial charge >= 0.3 is 0 Å². The quantitative estimate of drug-likeness (QED) is 0.805. The summed E-state index contributed by atoms with van der Waals surface area (Å²) < 4.78 is 12.2. The van der Waals surface area contributed by atoms with Crippen LogP contribution in [0.25, 0.3) is 0 Å². The fourth-order valence-corrected chi connectivity index (χ4v) is 1.81. The first-order valence-electron chi connectivity index (χ1n) is 5.89. The third-order valence-electron chi connectivity index (χ3n) is 2.87. The van der Waals surface area contributed by atoms with Gasteiger partial charge in [-0.15, -0.1) is 0 Å². The van der Waals surface area contributed by atoms with E-state index in [1.807, 2.05) is 12.1 Å². The molecule has 0 unspecified atom stereocenters. The molecule has 0 aliphatic heterocycles. The lowest BCUT2D eigenvalue weighted by atomic mass is 10.0. The Balaban J connectivity index is 2.74. The highest BCUT2D eigenvalue weighted by Crippen LogP contribution is 2.19. The van der Waals surface area contributed by atoms with Crippen molar-refractivity contribution in [1.29, 1.82) is 0 Å². The Hall–Kier alpha value is -1.09. The summed E-state index contributed by atoms with van der Waals surface area (Å²) in [5, 5.41) is 0. The molecule has 0 fully saturated rings. The molecule has 0 radical (unpaired) electrons. The van der Waals surface area contributed by atoms with E-state index in [1.165, 1.54) is 5.69 Å². The van der Waals surface area contributed by atoms with Crippen molar-refractivity contribution >= 4 is 5.69 Å². The summed E-state index contributed by atoms with van der Waals surface area (Å²) in [6.45, 7) is 5.89. The average Bonchev–Trinajstić information content (AvgIpc) is 2.32. The molecule has 0 saturated heterocycles. The Kier molecular flexibility index (Phi) is 5.26. The summed E-state index contributed by atoms with van der Waals surface area (Å²) >= 11 is 0. The minimum absolute atomic E-state index is 0.184. The van der Waals surface area contributed by atoms with Crippen LogP contribution in [0.5, 0.6) is 0 Å². The number of nitrogens with two attached hydrogens (primary N) is 1. The molecule has 1 rings (SSSR count). The molecule has 0 aromatic heterocycles. The Bertz CT molecular complexity index is 293. The fourth-order valence-electron chi connectivity index (χ4n) is 1.81. The van der Waals surface area contributed by atoms with Crippen molar-refractivity contribution in [1.82, 2.24) is 0 Å². The zero-order valence-corrected chi connectivity index (χ0v) is 10.1. The second-order valence-electron chi connectivity index (χ2n) is 3.85. The van der Waals surface area contributed by atoms with Crippen LogP contribution >= 0.6 is 0 Å². The molecule has 1 aromatic carbocycles. The van der Waals surface area contributed by atoms with Crippen LogP contribution in [0.15, 0.2) is 24.3 Å². The van der Waals surface area contributed by atoms with E-state index < -0.39 is 0 Å². The molecule has 0 aliphatic rings. The number of rotatable bonds is 6. The van der Waals surface area contributed by atoms with Crippen LogP contribution in [0.3, 0.4) is 0 Å². The molecule has 0 spiro atoms. The van der Waals surface area contributed by atoms with E-state index in [4.69, 9.17) is 5.73 Å². The maximum absolute atomic E-state index is 12.2. The van der Waals surface area contributed by atoms with Gasteiger partial charge in [-0.3, -0.25) is 4.39 Å². The summed E-state index contributed by atoms with van der Waals surface area (Å²) in [5.41, 5.74) is 8.05. The first-order valence-corrected chi connectivity index (χ1v) is 5.89. The molecule has 3 heteroatoms. The molecule has 16 heavy (non-hydrogen) atoms. The van der Waals surface area contributed by atoms with E-state index in [1.54, 1.807) is 0 Å². The maximum atomic E-state index is 12.2. The minimum atomic E-state index is -0.362. The molecule has 90 valence electrons. The number of alkyl halides is 1. The molecular weight excluding hydrogens is 203 g/mol. The summed E-state index contributed by atoms with van der Waals surface area (Å²) in [6.07, 6.45) is 0.393.